The lowest BCUT2D eigenvalue weighted by molar-refractivity contribution is 0.0953. The Hall–Kier alpha value is -3.22. The van der Waals surface area contributed by atoms with E-state index in [4.69, 9.17) is 18.9 Å². The summed E-state index contributed by atoms with van der Waals surface area (Å²) in [5, 5.41) is 4.20. The van der Waals surface area contributed by atoms with E-state index in [2.05, 4.69) is 10.5 Å². The Balaban J connectivity index is 2.26. The lowest BCUT2D eigenvalue weighted by Crippen LogP contribution is -2.20. The molecule has 0 atom stereocenters. The minimum atomic E-state index is -0.372. The molecule has 2 aromatic rings. The summed E-state index contributed by atoms with van der Waals surface area (Å²) in [4.78, 5) is 12.7. The molecule has 0 aromatic heterocycles. The van der Waals surface area contributed by atoms with Crippen LogP contribution in [0.3, 0.4) is 0 Å². The van der Waals surface area contributed by atoms with Gasteiger partial charge in [-0.15, -0.1) is 0 Å². The molecule has 29 heavy (non-hydrogen) atoms. The number of methoxy groups -OCH3 is 1. The number of carbonyl (C=O) groups excluding carboxylic acids is 1. The van der Waals surface area contributed by atoms with Crippen LogP contribution in [0.4, 0.5) is 0 Å². The molecule has 0 unspecified atom stereocenters. The summed E-state index contributed by atoms with van der Waals surface area (Å²) in [6.07, 6.45) is 0. The Morgan fingerprint density at radius 2 is 1.45 bits per heavy atom. The van der Waals surface area contributed by atoms with Gasteiger partial charge in [-0.1, -0.05) is 0 Å². The molecule has 0 saturated heterocycles. The van der Waals surface area contributed by atoms with Gasteiger partial charge in [0.15, 0.2) is 11.5 Å². The zero-order chi connectivity index (χ0) is 21.2. The highest BCUT2D eigenvalue weighted by Gasteiger charge is 2.18. The molecule has 0 spiro atoms. The highest BCUT2D eigenvalue weighted by atomic mass is 16.5. The van der Waals surface area contributed by atoms with E-state index >= 15 is 0 Å². The lowest BCUT2D eigenvalue weighted by Gasteiger charge is -2.16. The van der Waals surface area contributed by atoms with E-state index in [1.165, 1.54) is 0 Å². The van der Waals surface area contributed by atoms with E-state index in [0.29, 0.717) is 48.3 Å². The third-order valence-electron chi connectivity index (χ3n) is 4.00. The van der Waals surface area contributed by atoms with Crippen molar-refractivity contribution >= 4 is 11.6 Å². The van der Waals surface area contributed by atoms with Crippen LogP contribution in [-0.2, 0) is 0 Å². The maximum Gasteiger partial charge on any atom is 0.271 e. The van der Waals surface area contributed by atoms with Gasteiger partial charge in [-0.25, -0.2) is 5.43 Å². The average molecular weight is 400 g/mol. The zero-order valence-electron chi connectivity index (χ0n) is 17.6. The molecule has 0 fully saturated rings. The lowest BCUT2D eigenvalue weighted by atomic mass is 10.1. The largest absolute Gasteiger partial charge is 0.497 e. The maximum atomic E-state index is 12.7. The van der Waals surface area contributed by atoms with Crippen LogP contribution in [0.25, 0.3) is 0 Å². The van der Waals surface area contributed by atoms with Gasteiger partial charge in [-0.3, -0.25) is 4.79 Å². The summed E-state index contributed by atoms with van der Waals surface area (Å²) in [6, 6.07) is 10.7. The fourth-order valence-corrected chi connectivity index (χ4v) is 2.62. The van der Waals surface area contributed by atoms with Crippen molar-refractivity contribution in [2.75, 3.05) is 26.9 Å². The Morgan fingerprint density at radius 3 is 1.93 bits per heavy atom. The van der Waals surface area contributed by atoms with Gasteiger partial charge in [0, 0.05) is 5.56 Å². The summed E-state index contributed by atoms with van der Waals surface area (Å²) < 4.78 is 22.1. The summed E-state index contributed by atoms with van der Waals surface area (Å²) in [5.74, 6) is 1.79. The van der Waals surface area contributed by atoms with Crippen LogP contribution in [0, 0.1) is 0 Å². The first-order valence-electron chi connectivity index (χ1n) is 9.59. The predicted octanol–water partition coefficient (Wildman–Crippen LogP) is 4.05. The van der Waals surface area contributed by atoms with Crippen LogP contribution in [0.5, 0.6) is 23.0 Å². The average Bonchev–Trinajstić information content (AvgIpc) is 2.74. The van der Waals surface area contributed by atoms with Crippen LogP contribution < -0.4 is 24.4 Å². The Kier molecular flexibility index (Phi) is 8.33. The highest BCUT2D eigenvalue weighted by Crippen LogP contribution is 2.39. The molecule has 1 amide bonds. The maximum absolute atomic E-state index is 12.7. The molecular formula is C22H28N2O5. The van der Waals surface area contributed by atoms with Gasteiger partial charge in [0.2, 0.25) is 5.75 Å². The van der Waals surface area contributed by atoms with Crippen LogP contribution in [0.15, 0.2) is 41.5 Å². The number of hydrazone groups is 1. The van der Waals surface area contributed by atoms with E-state index in [9.17, 15) is 4.79 Å². The van der Waals surface area contributed by atoms with Gasteiger partial charge in [0.05, 0.1) is 32.6 Å². The van der Waals surface area contributed by atoms with E-state index in [0.717, 1.165) is 11.3 Å². The molecule has 7 nitrogen and oxygen atoms in total. The van der Waals surface area contributed by atoms with Gasteiger partial charge in [-0.05, 0) is 69.7 Å². The molecule has 0 radical (unpaired) electrons. The molecule has 0 heterocycles. The summed E-state index contributed by atoms with van der Waals surface area (Å²) >= 11 is 0. The summed E-state index contributed by atoms with van der Waals surface area (Å²) in [7, 11) is 1.61. The number of ether oxygens (including phenoxy) is 4. The fraction of sp³-hybridized carbons (Fsp3) is 0.364. The number of rotatable bonds is 10. The number of nitrogens with zero attached hydrogens (tertiary/aromatic N) is 1. The molecule has 156 valence electrons. The van der Waals surface area contributed by atoms with E-state index in [-0.39, 0.29) is 5.91 Å². The number of hydrogen-bond donors (Lipinski definition) is 1. The molecule has 0 aliphatic heterocycles. The first kappa shape index (κ1) is 22.1. The van der Waals surface area contributed by atoms with Crippen LogP contribution in [0.2, 0.25) is 0 Å². The van der Waals surface area contributed by atoms with Gasteiger partial charge >= 0.3 is 0 Å². The van der Waals surface area contributed by atoms with Gasteiger partial charge in [0.25, 0.3) is 5.91 Å². The number of benzene rings is 2. The monoisotopic (exact) mass is 400 g/mol. The first-order valence-corrected chi connectivity index (χ1v) is 9.59. The molecule has 2 aromatic carbocycles. The third-order valence-corrected chi connectivity index (χ3v) is 4.00. The third kappa shape index (κ3) is 5.88. The van der Waals surface area contributed by atoms with Crippen molar-refractivity contribution in [3.63, 3.8) is 0 Å². The smallest absolute Gasteiger partial charge is 0.271 e. The van der Waals surface area contributed by atoms with Gasteiger partial charge < -0.3 is 18.9 Å². The van der Waals surface area contributed by atoms with Crippen LogP contribution >= 0.6 is 0 Å². The minimum absolute atomic E-state index is 0.367. The van der Waals surface area contributed by atoms with Crippen LogP contribution in [-0.4, -0.2) is 38.5 Å². The normalized spacial score (nSPS) is 11.0. The van der Waals surface area contributed by atoms with Crippen molar-refractivity contribution in [2.24, 2.45) is 5.10 Å². The second-order valence-electron chi connectivity index (χ2n) is 5.97. The SMILES string of the molecule is CCOc1cc(C(=O)NN=C(C)c2ccc(OC)cc2)cc(OCC)c1OCC. The molecule has 0 saturated carbocycles. The molecular weight excluding hydrogens is 372 g/mol. The van der Waals surface area contributed by atoms with Crippen LogP contribution in [0.1, 0.15) is 43.6 Å². The molecule has 1 N–H and O–H groups in total. The first-order chi connectivity index (χ1) is 14.0. The van der Waals surface area contributed by atoms with E-state index in [1.54, 1.807) is 19.2 Å². The second-order valence-corrected chi connectivity index (χ2v) is 5.97. The zero-order valence-corrected chi connectivity index (χ0v) is 17.6. The second kappa shape index (κ2) is 10.9. The Bertz CT molecular complexity index is 820. The van der Waals surface area contributed by atoms with Crippen molar-refractivity contribution in [2.45, 2.75) is 27.7 Å². The quantitative estimate of drug-likeness (QED) is 0.481. The number of amides is 1. The molecule has 7 heteroatoms. The van der Waals surface area contributed by atoms with Crippen molar-refractivity contribution in [3.05, 3.63) is 47.5 Å². The van der Waals surface area contributed by atoms with Gasteiger partial charge in [0.1, 0.15) is 5.75 Å². The molecule has 0 aliphatic rings. The number of carbonyl (C=O) groups is 1. The van der Waals surface area contributed by atoms with Crippen molar-refractivity contribution in [1.82, 2.24) is 5.43 Å². The predicted molar refractivity (Wildman–Crippen MR) is 113 cm³/mol. The number of nitrogens with one attached hydrogen (secondary N) is 1. The van der Waals surface area contributed by atoms with Gasteiger partial charge in [-0.2, -0.15) is 5.10 Å². The van der Waals surface area contributed by atoms with E-state index < -0.39 is 0 Å². The Morgan fingerprint density at radius 1 is 0.897 bits per heavy atom. The molecule has 0 aliphatic carbocycles. The van der Waals surface area contributed by atoms with Crippen molar-refractivity contribution in [1.29, 1.82) is 0 Å². The minimum Gasteiger partial charge on any atom is -0.497 e. The molecule has 0 bridgehead atoms. The molecule has 2 rings (SSSR count). The van der Waals surface area contributed by atoms with Crippen molar-refractivity contribution in [3.8, 4) is 23.0 Å². The van der Waals surface area contributed by atoms with E-state index in [1.807, 2.05) is 52.0 Å². The summed E-state index contributed by atoms with van der Waals surface area (Å²) in [6.45, 7) is 8.75. The standard InChI is InChI=1S/C22H28N2O5/c1-6-27-19-13-17(14-20(28-7-2)21(19)29-8-3)22(25)24-23-15(4)16-9-11-18(26-5)12-10-16/h9-14H,6-8H2,1-5H3,(H,24,25). The van der Waals surface area contributed by atoms with Crippen molar-refractivity contribution < 1.29 is 23.7 Å². The fourth-order valence-electron chi connectivity index (χ4n) is 2.62. The number of hydrogen-bond acceptors (Lipinski definition) is 6. The topological polar surface area (TPSA) is 78.4 Å². The Labute approximate surface area is 171 Å². The summed E-state index contributed by atoms with van der Waals surface area (Å²) in [5.41, 5.74) is 4.50. The highest BCUT2D eigenvalue weighted by molar-refractivity contribution is 6.01.